The lowest BCUT2D eigenvalue weighted by Gasteiger charge is -2.55. The van der Waals surface area contributed by atoms with Gasteiger partial charge in [-0.05, 0) is 142 Å². The van der Waals surface area contributed by atoms with Crippen molar-refractivity contribution in [3.05, 3.63) is 90.0 Å². The van der Waals surface area contributed by atoms with Crippen LogP contribution >= 0.6 is 11.6 Å². The number of carboxylic acids is 1. The van der Waals surface area contributed by atoms with Crippen LogP contribution in [-0.2, 0) is 95.6 Å². The topological polar surface area (TPSA) is 277 Å². The molecule has 0 saturated carbocycles. The summed E-state index contributed by atoms with van der Waals surface area (Å²) >= 11 is 6.31. The van der Waals surface area contributed by atoms with Crippen LogP contribution in [0.25, 0.3) is 0 Å². The second-order valence-electron chi connectivity index (χ2n) is 42.0. The Labute approximate surface area is 754 Å². The number of ether oxygens (including phenoxy) is 12. The van der Waals surface area contributed by atoms with Crippen LogP contribution in [0.2, 0.25) is 72.5 Å². The van der Waals surface area contributed by atoms with Crippen LogP contribution in [0.4, 0.5) is 0 Å². The third-order valence-corrected chi connectivity index (χ3v) is 47.5. The number of carbonyl (C=O) groups excluding carboxylic acids is 3. The molecule has 1 aromatic carbocycles. The van der Waals surface area contributed by atoms with Crippen molar-refractivity contribution in [2.45, 2.75) is 440 Å². The summed E-state index contributed by atoms with van der Waals surface area (Å²) < 4.78 is 110. The smallest absolute Gasteiger partial charge is 0.305 e. The van der Waals surface area contributed by atoms with E-state index < -0.39 is 171 Å². The lowest BCUT2D eigenvalue weighted by molar-refractivity contribution is -0.365. The van der Waals surface area contributed by atoms with Crippen molar-refractivity contribution in [3.63, 3.8) is 0 Å². The van der Waals surface area contributed by atoms with Gasteiger partial charge in [0.15, 0.2) is 50.6 Å². The van der Waals surface area contributed by atoms with Gasteiger partial charge in [0.05, 0.1) is 105 Å². The van der Waals surface area contributed by atoms with Crippen molar-refractivity contribution in [2.24, 2.45) is 23.7 Å². The average molecular weight is 1830 g/mol. The first-order chi connectivity index (χ1) is 57.4. The van der Waals surface area contributed by atoms with E-state index in [1.807, 2.05) is 44.2 Å². The van der Waals surface area contributed by atoms with E-state index in [1.54, 1.807) is 34.3 Å². The number of esters is 2. The highest BCUT2D eigenvalue weighted by atomic mass is 35.5. The maximum Gasteiger partial charge on any atom is 0.305 e. The molecule has 1 unspecified atom stereocenters. The van der Waals surface area contributed by atoms with Crippen LogP contribution < -0.4 is 4.74 Å². The van der Waals surface area contributed by atoms with E-state index in [1.165, 1.54) is 13.8 Å². The maximum absolute atomic E-state index is 15.3. The Morgan fingerprint density at radius 1 is 0.669 bits per heavy atom. The molecule has 708 valence electrons. The monoisotopic (exact) mass is 1830 g/mol. The van der Waals surface area contributed by atoms with Gasteiger partial charge in [-0.3, -0.25) is 19.2 Å². The summed E-state index contributed by atoms with van der Waals surface area (Å²) in [6.07, 6.45) is 2.25. The minimum absolute atomic E-state index is 0.0321. The standard InChI is InChI=1S/C96H163ClO23Si4/c1-32-124(33-2,34-3)120-93(22)54-78(115-95(60-93)56-77(109-68(11)98)51-75(114-95)53-84(101)102)48-62(5)64(7)87(110-69(12)99)65(8)80(100)52-74-50-76(106-24)55-94(113-74)57-79(118-122(28,29)91(16,17)18)49-72(112-94)38-36-35-37-39-81-66(9)83(119-123(30,31)92(19,20)21)58-96(107-25,116-81)89(108-59-70-41-44-71(105-23)45-42-70)88-67(10)85(103)86(104)82(111-88)47-61(4)46-73(43-40-63(6)97)117-121(26,27)90(13,14)15/h36,38,40-45,64-67,72-79,81-83,85-89,103-104H,4-6,32-35,37,39,46-60H2,1-3,7-31H3,(H,101,102)/b38-36-,43-40+/t64-,65-,66+,67-,72+,73-,74+,75-,76+,77+,78+,79+,81-,82-,83+,85-,86-,87+,88-,89?,93+,94+,95-,96-/m1/s1. The molecule has 6 saturated heterocycles. The number of carboxylic acid groups (broad SMARTS) is 1. The van der Waals surface area contributed by atoms with Crippen molar-refractivity contribution in [1.82, 2.24) is 0 Å². The predicted molar refractivity (Wildman–Crippen MR) is 496 cm³/mol. The van der Waals surface area contributed by atoms with E-state index in [9.17, 15) is 29.7 Å². The van der Waals surface area contributed by atoms with Gasteiger partial charge in [0.2, 0.25) is 0 Å². The Morgan fingerprint density at radius 2 is 1.25 bits per heavy atom. The summed E-state index contributed by atoms with van der Waals surface area (Å²) in [6, 6.07) is 10.3. The largest absolute Gasteiger partial charge is 0.497 e. The van der Waals surface area contributed by atoms with Gasteiger partial charge < -0.3 is 89.9 Å². The molecule has 0 bridgehead atoms. The van der Waals surface area contributed by atoms with Crippen LogP contribution in [0, 0.1) is 23.7 Å². The fraction of sp³-hybridized carbons (Fsp3) is 0.792. The summed E-state index contributed by atoms with van der Waals surface area (Å²) in [5.74, 6) is -7.87. The van der Waals surface area contributed by atoms with Gasteiger partial charge in [0.1, 0.15) is 35.9 Å². The third kappa shape index (κ3) is 28.7. The Hall–Kier alpha value is -3.64. The SMILES string of the molecule is C=C(Cl)/C=C/[C@H](CC(=C)C[C@H]1O[C@@H](C(OCc2ccc(OC)cc2)[C@@]2(OC)C[C@H](O[Si](C)(C)C(C)(C)C)[C@@H](C)[C@@H](CCC/C=C\[C@H]3C[C@H](O[Si](C)(C)C(C)(C)C)C[C@@]4(C[C@@H](OC)C[C@@H](CC(=O)[C@@H](C)[C@@H](OC(C)=O)[C@H](C)C(=C)C[C@H]5C[C@](C)(O[Si](CC)(CC)CC)C[C@@]6(C[C@@H](OC(C)=O)C[C@H](CC(=O)O)O6)O5)O4)O3)O2)[C@H](C)[C@@H](O)[C@@H]1O)O[Si](C)(C)C(C)(C)C. The number of ketones is 1. The highest BCUT2D eigenvalue weighted by molar-refractivity contribution is 6.75. The second kappa shape index (κ2) is 44.3. The number of aliphatic hydroxyl groups excluding tert-OH is 2. The van der Waals surface area contributed by atoms with Crippen LogP contribution in [0.15, 0.2) is 84.5 Å². The van der Waals surface area contributed by atoms with E-state index in [-0.39, 0.29) is 103 Å². The van der Waals surface area contributed by atoms with Gasteiger partial charge in [-0.25, -0.2) is 0 Å². The quantitative estimate of drug-likeness (QED) is 0.0180. The Morgan fingerprint density at radius 3 is 1.81 bits per heavy atom. The van der Waals surface area contributed by atoms with Gasteiger partial charge >= 0.3 is 17.9 Å². The fourth-order valence-corrected chi connectivity index (χ4v) is 25.9. The number of methoxy groups -OCH3 is 3. The van der Waals surface area contributed by atoms with E-state index in [0.717, 1.165) is 29.3 Å². The predicted octanol–water partition coefficient (Wildman–Crippen LogP) is 20.4. The van der Waals surface area contributed by atoms with E-state index >= 15 is 4.79 Å². The van der Waals surface area contributed by atoms with Crippen molar-refractivity contribution in [2.75, 3.05) is 21.3 Å². The molecule has 6 aliphatic heterocycles. The highest BCUT2D eigenvalue weighted by Crippen LogP contribution is 2.53. The first-order valence-electron chi connectivity index (χ1n) is 46.0. The molecular weight excluding hydrogens is 1670 g/mol. The summed E-state index contributed by atoms with van der Waals surface area (Å²) in [6.45, 7) is 65.6. The number of hydrogen-bond acceptors (Lipinski definition) is 22. The first kappa shape index (κ1) is 107. The Balaban J connectivity index is 1.16. The molecule has 6 aliphatic rings. The second-order valence-corrected chi connectivity index (χ2v) is 61.5. The summed E-state index contributed by atoms with van der Waals surface area (Å²) in [7, 11) is -4.59. The molecule has 0 radical (unpaired) electrons. The average Bonchev–Trinajstić information content (AvgIpc) is 0.750. The van der Waals surface area contributed by atoms with Crippen LogP contribution in [0.3, 0.4) is 0 Å². The number of aliphatic hydroxyl groups is 2. The molecule has 124 heavy (non-hydrogen) atoms. The zero-order valence-electron chi connectivity index (χ0n) is 81.0. The molecule has 6 heterocycles. The number of unbranched alkanes of at least 4 members (excludes halogenated alkanes) is 1. The molecule has 0 aliphatic carbocycles. The molecule has 1 aromatic rings. The number of carbonyl (C=O) groups is 4. The molecule has 23 nitrogen and oxygen atoms in total. The lowest BCUT2D eigenvalue weighted by atomic mass is 9.78. The number of halogens is 1. The van der Waals surface area contributed by atoms with Gasteiger partial charge in [0.25, 0.3) is 0 Å². The molecule has 28 heteroatoms. The lowest BCUT2D eigenvalue weighted by Crippen LogP contribution is -2.67. The number of allylic oxidation sites excluding steroid dienone is 3. The number of aliphatic carboxylic acids is 1. The fourth-order valence-electron chi connectivity index (χ4n) is 18.6. The molecule has 3 N–H and O–H groups in total. The van der Waals surface area contributed by atoms with E-state index in [4.69, 9.17) is 86.1 Å². The summed E-state index contributed by atoms with van der Waals surface area (Å²) in [4.78, 5) is 53.4. The molecule has 0 aromatic heterocycles. The Bertz CT molecular complexity index is 3700. The summed E-state index contributed by atoms with van der Waals surface area (Å²) in [5.41, 5.74) is 1.49. The molecule has 0 amide bonds. The molecule has 2 spiro atoms. The van der Waals surface area contributed by atoms with Crippen LogP contribution in [0.1, 0.15) is 246 Å². The maximum atomic E-state index is 15.3. The molecule has 24 atom stereocenters. The van der Waals surface area contributed by atoms with Crippen LogP contribution in [0.5, 0.6) is 5.75 Å². The number of benzene rings is 1. The van der Waals surface area contributed by atoms with Gasteiger partial charge in [0, 0.05) is 115 Å². The minimum Gasteiger partial charge on any atom is -0.497 e. The van der Waals surface area contributed by atoms with E-state index in [2.05, 4.69) is 168 Å². The first-order valence-corrected chi connectivity index (χ1v) is 57.6. The molecule has 7 rings (SSSR count). The Kier molecular flexibility index (Phi) is 38.3. The van der Waals surface area contributed by atoms with Crippen molar-refractivity contribution >= 4 is 68.6 Å². The van der Waals surface area contributed by atoms with Crippen molar-refractivity contribution in [1.29, 1.82) is 0 Å². The molecular formula is C96H163ClO23Si4. The number of rotatable bonds is 42. The minimum atomic E-state index is -2.51. The van der Waals surface area contributed by atoms with E-state index in [0.29, 0.717) is 74.1 Å². The summed E-state index contributed by atoms with van der Waals surface area (Å²) in [5, 5.41) is 34.5. The molecule has 6 fully saturated rings. The van der Waals surface area contributed by atoms with Gasteiger partial charge in [-0.15, -0.1) is 0 Å². The van der Waals surface area contributed by atoms with Gasteiger partial charge in [-0.1, -0.05) is 184 Å². The zero-order valence-corrected chi connectivity index (χ0v) is 85.8. The third-order valence-electron chi connectivity index (χ3n) is 29.0. The van der Waals surface area contributed by atoms with Gasteiger partial charge in [-0.2, -0.15) is 0 Å². The normalized spacial score (nSPS) is 32.0. The van der Waals surface area contributed by atoms with Crippen molar-refractivity contribution < 1.29 is 109 Å². The van der Waals surface area contributed by atoms with Crippen molar-refractivity contribution in [3.8, 4) is 5.75 Å². The zero-order chi connectivity index (χ0) is 93.1. The number of hydrogen-bond donors (Lipinski definition) is 3. The number of Topliss-reactive ketones (excluding diaryl/α,β-unsaturated/α-hetero) is 1. The van der Waals surface area contributed by atoms with Crippen LogP contribution in [-0.4, -0.2) is 214 Å². The highest BCUT2D eigenvalue weighted by Gasteiger charge is 2.61.